The lowest BCUT2D eigenvalue weighted by Gasteiger charge is -2.23. The number of carbonyl (C=O) groups excluding carboxylic acids is 3. The molecule has 7 nitrogen and oxygen atoms in total. The number of carboxylic acids is 1. The Morgan fingerprint density at radius 3 is 2.30 bits per heavy atom. The van der Waals surface area contributed by atoms with Crippen LogP contribution in [0.5, 0.6) is 0 Å². The van der Waals surface area contributed by atoms with Gasteiger partial charge in [-0.25, -0.2) is 9.59 Å². The number of nitrogens with one attached hydrogen (secondary N) is 1. The first-order chi connectivity index (χ1) is 10.7. The molecular weight excluding hydrogens is 302 g/mol. The number of amides is 1. The molecule has 0 aromatic heterocycles. The maximum atomic E-state index is 12.0. The Morgan fingerprint density at radius 2 is 1.78 bits per heavy atom. The lowest BCUT2D eigenvalue weighted by Crippen LogP contribution is -2.47. The average Bonchev–Trinajstić information content (AvgIpc) is 2.42. The largest absolute Gasteiger partial charge is 0.550 e. The minimum absolute atomic E-state index is 0.0286. The Hall–Kier alpha value is -2.57. The van der Waals surface area contributed by atoms with Crippen molar-refractivity contribution in [3.8, 4) is 0 Å². The maximum Gasteiger partial charge on any atom is 0.408 e. The third-order valence-electron chi connectivity index (χ3n) is 2.57. The highest BCUT2D eigenvalue weighted by Gasteiger charge is 2.25. The molecule has 1 aromatic rings. The van der Waals surface area contributed by atoms with Crippen molar-refractivity contribution in [2.45, 2.75) is 45.4 Å². The molecule has 0 bridgehead atoms. The van der Waals surface area contributed by atoms with Crippen LogP contribution in [0.25, 0.3) is 0 Å². The van der Waals surface area contributed by atoms with Gasteiger partial charge in [0.1, 0.15) is 18.2 Å². The summed E-state index contributed by atoms with van der Waals surface area (Å²) in [6, 6.07) is 7.50. The third kappa shape index (κ3) is 7.85. The van der Waals surface area contributed by atoms with Gasteiger partial charge < -0.3 is 24.7 Å². The monoisotopic (exact) mass is 322 g/mol. The SMILES string of the molecule is CC(C)(C)OC(=O)N[C@@H](CC(=O)[O-])C(=O)OCc1ccccc1. The van der Waals surface area contributed by atoms with Gasteiger partial charge in [0.05, 0.1) is 0 Å². The van der Waals surface area contributed by atoms with Crippen LogP contribution < -0.4 is 10.4 Å². The van der Waals surface area contributed by atoms with Crippen molar-refractivity contribution in [2.24, 2.45) is 0 Å². The first-order valence-electron chi connectivity index (χ1n) is 7.07. The van der Waals surface area contributed by atoms with Crippen LogP contribution in [0.2, 0.25) is 0 Å². The van der Waals surface area contributed by atoms with Crippen LogP contribution in [0.4, 0.5) is 4.79 Å². The minimum Gasteiger partial charge on any atom is -0.550 e. The van der Waals surface area contributed by atoms with Gasteiger partial charge in [0.15, 0.2) is 0 Å². The van der Waals surface area contributed by atoms with Gasteiger partial charge in [-0.1, -0.05) is 30.3 Å². The highest BCUT2D eigenvalue weighted by molar-refractivity contribution is 5.85. The third-order valence-corrected chi connectivity index (χ3v) is 2.57. The number of aliphatic carboxylic acids is 1. The van der Waals surface area contributed by atoms with Crippen LogP contribution in [0.15, 0.2) is 30.3 Å². The minimum atomic E-state index is -1.48. The predicted octanol–water partition coefficient (Wildman–Crippen LogP) is 0.763. The van der Waals surface area contributed by atoms with E-state index in [1.54, 1.807) is 45.0 Å². The van der Waals surface area contributed by atoms with Crippen molar-refractivity contribution in [1.82, 2.24) is 5.32 Å². The van der Waals surface area contributed by atoms with E-state index in [4.69, 9.17) is 9.47 Å². The van der Waals surface area contributed by atoms with Gasteiger partial charge in [0, 0.05) is 12.4 Å². The summed E-state index contributed by atoms with van der Waals surface area (Å²) >= 11 is 0. The van der Waals surface area contributed by atoms with Crippen molar-refractivity contribution >= 4 is 18.0 Å². The topological polar surface area (TPSA) is 105 Å². The van der Waals surface area contributed by atoms with Gasteiger partial charge in [-0.15, -0.1) is 0 Å². The number of alkyl carbamates (subject to hydrolysis) is 1. The second-order valence-electron chi connectivity index (χ2n) is 5.87. The summed E-state index contributed by atoms with van der Waals surface area (Å²) in [4.78, 5) is 34.4. The summed E-state index contributed by atoms with van der Waals surface area (Å²) in [6.07, 6.45) is -1.60. The summed E-state index contributed by atoms with van der Waals surface area (Å²) in [5.74, 6) is -2.35. The maximum absolute atomic E-state index is 12.0. The highest BCUT2D eigenvalue weighted by Crippen LogP contribution is 2.08. The van der Waals surface area contributed by atoms with Gasteiger partial charge in [0.2, 0.25) is 0 Å². The molecule has 7 heteroatoms. The fraction of sp³-hybridized carbons (Fsp3) is 0.438. The first-order valence-corrected chi connectivity index (χ1v) is 7.07. The second kappa shape index (κ2) is 8.17. The molecule has 1 amide bonds. The van der Waals surface area contributed by atoms with Crippen LogP contribution in [0.3, 0.4) is 0 Å². The van der Waals surface area contributed by atoms with Gasteiger partial charge in [0.25, 0.3) is 0 Å². The van der Waals surface area contributed by atoms with Crippen LogP contribution >= 0.6 is 0 Å². The Kier molecular flexibility index (Phi) is 6.56. The molecule has 1 aromatic carbocycles. The van der Waals surface area contributed by atoms with Gasteiger partial charge in [-0.3, -0.25) is 0 Å². The number of hydrogen-bond donors (Lipinski definition) is 1. The molecule has 0 aliphatic carbocycles. The van der Waals surface area contributed by atoms with Crippen molar-refractivity contribution in [3.63, 3.8) is 0 Å². The van der Waals surface area contributed by atoms with E-state index in [2.05, 4.69) is 5.32 Å². The summed E-state index contributed by atoms with van der Waals surface area (Å²) in [5, 5.41) is 12.9. The molecule has 0 unspecified atom stereocenters. The number of hydrogen-bond acceptors (Lipinski definition) is 6. The Labute approximate surface area is 134 Å². The molecule has 1 rings (SSSR count). The molecular formula is C16H20NO6-. The molecule has 0 saturated carbocycles. The molecule has 1 N–H and O–H groups in total. The summed E-state index contributed by atoms with van der Waals surface area (Å²) in [6.45, 7) is 4.91. The van der Waals surface area contributed by atoms with Crippen LogP contribution in [0.1, 0.15) is 32.8 Å². The Balaban J connectivity index is 2.63. The average molecular weight is 322 g/mol. The number of carbonyl (C=O) groups is 3. The fourth-order valence-corrected chi connectivity index (χ4v) is 1.64. The summed E-state index contributed by atoms with van der Waals surface area (Å²) in [7, 11) is 0. The first kappa shape index (κ1) is 18.5. The van der Waals surface area contributed by atoms with E-state index < -0.39 is 36.1 Å². The van der Waals surface area contributed by atoms with Crippen LogP contribution in [-0.2, 0) is 25.7 Å². The zero-order chi connectivity index (χ0) is 17.5. The smallest absolute Gasteiger partial charge is 0.408 e. The van der Waals surface area contributed by atoms with E-state index in [9.17, 15) is 19.5 Å². The molecule has 126 valence electrons. The standard InChI is InChI=1S/C16H21NO6/c1-16(2,3)23-15(21)17-12(9-13(18)19)14(20)22-10-11-7-5-4-6-8-11/h4-8,12H,9-10H2,1-3H3,(H,17,21)(H,18,19)/p-1/t12-/m0/s1. The molecule has 0 spiro atoms. The number of rotatable bonds is 6. The molecule has 1 atom stereocenters. The number of esters is 1. The van der Waals surface area contributed by atoms with Gasteiger partial charge in [-0.2, -0.15) is 0 Å². The van der Waals surface area contributed by atoms with E-state index in [1.807, 2.05) is 6.07 Å². The zero-order valence-electron chi connectivity index (χ0n) is 13.3. The molecule has 0 radical (unpaired) electrons. The van der Waals surface area contributed by atoms with Crippen LogP contribution in [-0.4, -0.2) is 29.7 Å². The van der Waals surface area contributed by atoms with E-state index in [-0.39, 0.29) is 6.61 Å². The summed E-state index contributed by atoms with van der Waals surface area (Å²) in [5.41, 5.74) is -0.0327. The summed E-state index contributed by atoms with van der Waals surface area (Å²) < 4.78 is 10.0. The van der Waals surface area contributed by atoms with Crippen molar-refractivity contribution in [2.75, 3.05) is 0 Å². The van der Waals surface area contributed by atoms with Gasteiger partial charge >= 0.3 is 12.1 Å². The van der Waals surface area contributed by atoms with Crippen molar-refractivity contribution in [3.05, 3.63) is 35.9 Å². The normalized spacial score (nSPS) is 12.1. The molecule has 0 aliphatic rings. The molecule has 23 heavy (non-hydrogen) atoms. The zero-order valence-corrected chi connectivity index (χ0v) is 13.3. The number of ether oxygens (including phenoxy) is 2. The van der Waals surface area contributed by atoms with E-state index in [0.29, 0.717) is 0 Å². The quantitative estimate of drug-likeness (QED) is 0.775. The Morgan fingerprint density at radius 1 is 1.17 bits per heavy atom. The fourth-order valence-electron chi connectivity index (χ4n) is 1.64. The molecule has 0 fully saturated rings. The molecule has 0 heterocycles. The van der Waals surface area contributed by atoms with E-state index in [1.165, 1.54) is 0 Å². The molecule has 0 aliphatic heterocycles. The number of benzene rings is 1. The van der Waals surface area contributed by atoms with E-state index >= 15 is 0 Å². The lowest BCUT2D eigenvalue weighted by atomic mass is 10.2. The van der Waals surface area contributed by atoms with E-state index in [0.717, 1.165) is 5.56 Å². The Bertz CT molecular complexity index is 549. The van der Waals surface area contributed by atoms with Crippen molar-refractivity contribution < 1.29 is 29.0 Å². The van der Waals surface area contributed by atoms with Gasteiger partial charge in [-0.05, 0) is 26.3 Å². The lowest BCUT2D eigenvalue weighted by molar-refractivity contribution is -0.306. The van der Waals surface area contributed by atoms with Crippen LogP contribution in [0, 0.1) is 0 Å². The predicted molar refractivity (Wildman–Crippen MR) is 79.0 cm³/mol. The van der Waals surface area contributed by atoms with Crippen molar-refractivity contribution in [1.29, 1.82) is 0 Å². The highest BCUT2D eigenvalue weighted by atomic mass is 16.6. The second-order valence-corrected chi connectivity index (χ2v) is 5.87. The number of carboxylic acid groups (broad SMARTS) is 1. The molecule has 0 saturated heterocycles.